The third kappa shape index (κ3) is 4.86. The molecule has 1 atom stereocenters. The fraction of sp³-hybridized carbons (Fsp3) is 0.417. The molecule has 1 fully saturated rings. The predicted octanol–water partition coefficient (Wildman–Crippen LogP) is 4.53. The Kier molecular flexibility index (Phi) is 6.11. The first-order valence-corrected chi connectivity index (χ1v) is 10.5. The number of carbonyl (C=O) groups is 2. The molecule has 2 aliphatic rings. The predicted molar refractivity (Wildman–Crippen MR) is 112 cm³/mol. The molecular formula is C24H26F2N2O2. The lowest BCUT2D eigenvalue weighted by molar-refractivity contribution is -0.130. The maximum Gasteiger partial charge on any atom is 0.263 e. The number of fused-ring (bicyclic) bond motifs is 1. The van der Waals surface area contributed by atoms with E-state index in [1.807, 2.05) is 17.0 Å². The Morgan fingerprint density at radius 1 is 1.13 bits per heavy atom. The first-order chi connectivity index (χ1) is 14.5. The Bertz CT molecular complexity index is 927. The number of nitrogens with one attached hydrogen (secondary N) is 1. The Morgan fingerprint density at radius 3 is 2.67 bits per heavy atom. The molecule has 0 aliphatic carbocycles. The quantitative estimate of drug-likeness (QED) is 0.726. The van der Waals surface area contributed by atoms with Crippen LogP contribution in [0.1, 0.15) is 47.9 Å². The summed E-state index contributed by atoms with van der Waals surface area (Å²) in [6.07, 6.45) is 1.89. The van der Waals surface area contributed by atoms with Crippen molar-refractivity contribution >= 4 is 17.5 Å². The number of likely N-dealkylation sites (tertiary alicyclic amines) is 1. The zero-order valence-electron chi connectivity index (χ0n) is 16.9. The van der Waals surface area contributed by atoms with Crippen molar-refractivity contribution in [2.45, 2.75) is 45.0 Å². The van der Waals surface area contributed by atoms with E-state index >= 15 is 0 Å². The molecular weight excluding hydrogens is 386 g/mol. The van der Waals surface area contributed by atoms with Crippen molar-refractivity contribution in [1.29, 1.82) is 0 Å². The summed E-state index contributed by atoms with van der Waals surface area (Å²) in [6.45, 7) is 1.51. The van der Waals surface area contributed by atoms with Crippen LogP contribution in [0, 0.1) is 5.92 Å². The minimum Gasteiger partial charge on any atom is -0.342 e. The van der Waals surface area contributed by atoms with Gasteiger partial charge in [-0.25, -0.2) is 8.78 Å². The lowest BCUT2D eigenvalue weighted by Gasteiger charge is -2.17. The summed E-state index contributed by atoms with van der Waals surface area (Å²) >= 11 is 0. The normalized spacial score (nSPS) is 18.0. The largest absolute Gasteiger partial charge is 0.342 e. The van der Waals surface area contributed by atoms with E-state index < -0.39 is 6.43 Å². The Labute approximate surface area is 175 Å². The number of aryl methyl sites for hydroxylation is 1. The van der Waals surface area contributed by atoms with Crippen LogP contribution in [0.3, 0.4) is 0 Å². The molecule has 0 aromatic heterocycles. The smallest absolute Gasteiger partial charge is 0.263 e. The third-order valence-corrected chi connectivity index (χ3v) is 6.05. The second-order valence-electron chi connectivity index (χ2n) is 8.31. The molecule has 2 heterocycles. The van der Waals surface area contributed by atoms with Gasteiger partial charge in [-0.15, -0.1) is 0 Å². The van der Waals surface area contributed by atoms with Crippen LogP contribution in [0.25, 0.3) is 0 Å². The summed E-state index contributed by atoms with van der Waals surface area (Å²) in [6, 6.07) is 12.5. The fourth-order valence-electron chi connectivity index (χ4n) is 4.40. The number of alkyl halides is 2. The van der Waals surface area contributed by atoms with Crippen LogP contribution in [-0.2, 0) is 28.9 Å². The molecule has 2 amide bonds. The number of nitrogens with zero attached hydrogens (tertiary/aromatic N) is 1. The van der Waals surface area contributed by atoms with Gasteiger partial charge in [0, 0.05) is 30.8 Å². The van der Waals surface area contributed by atoms with E-state index in [2.05, 4.69) is 11.4 Å². The van der Waals surface area contributed by atoms with E-state index in [1.54, 1.807) is 12.1 Å². The number of carbonyl (C=O) groups excluding carboxylic acids is 2. The van der Waals surface area contributed by atoms with Gasteiger partial charge in [-0.2, -0.15) is 0 Å². The molecule has 1 N–H and O–H groups in total. The summed E-state index contributed by atoms with van der Waals surface area (Å²) in [5, 5.41) is 2.83. The van der Waals surface area contributed by atoms with Crippen molar-refractivity contribution in [3.63, 3.8) is 0 Å². The Balaban J connectivity index is 1.21. The van der Waals surface area contributed by atoms with Crippen LogP contribution in [0.5, 0.6) is 0 Å². The van der Waals surface area contributed by atoms with E-state index in [0.29, 0.717) is 18.8 Å². The van der Waals surface area contributed by atoms with Crippen molar-refractivity contribution < 1.29 is 18.4 Å². The van der Waals surface area contributed by atoms with Gasteiger partial charge < -0.3 is 10.2 Å². The summed E-state index contributed by atoms with van der Waals surface area (Å²) in [7, 11) is 0. The van der Waals surface area contributed by atoms with Gasteiger partial charge in [-0.05, 0) is 54.4 Å². The number of hydrogen-bond donors (Lipinski definition) is 1. The summed E-state index contributed by atoms with van der Waals surface area (Å²) < 4.78 is 25.3. The maximum atomic E-state index is 12.7. The van der Waals surface area contributed by atoms with Crippen molar-refractivity contribution in [2.24, 2.45) is 5.92 Å². The highest BCUT2D eigenvalue weighted by Gasteiger charge is 2.26. The molecule has 0 saturated carbocycles. The van der Waals surface area contributed by atoms with Gasteiger partial charge in [0.25, 0.3) is 6.43 Å². The number of amides is 2. The Morgan fingerprint density at radius 2 is 1.90 bits per heavy atom. The SMILES string of the molecule is O=C1Cc2cc(CCCC(=O)N3CCC(Cc4ccc(C(F)F)cc4)C3)ccc2N1. The van der Waals surface area contributed by atoms with Crippen LogP contribution in [0.2, 0.25) is 0 Å². The van der Waals surface area contributed by atoms with Gasteiger partial charge in [-0.3, -0.25) is 9.59 Å². The van der Waals surface area contributed by atoms with Crippen LogP contribution in [-0.4, -0.2) is 29.8 Å². The highest BCUT2D eigenvalue weighted by Crippen LogP contribution is 2.26. The van der Waals surface area contributed by atoms with Gasteiger partial charge >= 0.3 is 0 Å². The average Bonchev–Trinajstić information content (AvgIpc) is 3.33. The molecule has 1 unspecified atom stereocenters. The molecule has 4 nitrogen and oxygen atoms in total. The molecule has 30 heavy (non-hydrogen) atoms. The summed E-state index contributed by atoms with van der Waals surface area (Å²) in [4.78, 5) is 26.0. The molecule has 2 aliphatic heterocycles. The van der Waals surface area contributed by atoms with Crippen molar-refractivity contribution in [3.05, 3.63) is 64.7 Å². The topological polar surface area (TPSA) is 49.4 Å². The van der Waals surface area contributed by atoms with Gasteiger partial charge in [0.05, 0.1) is 6.42 Å². The second kappa shape index (κ2) is 8.94. The van der Waals surface area contributed by atoms with Gasteiger partial charge in [0.15, 0.2) is 0 Å². The molecule has 4 rings (SSSR count). The molecule has 158 valence electrons. The standard InChI is InChI=1S/C24H26F2N2O2/c25-24(26)19-7-4-17(5-8-19)12-18-10-11-28(15-18)23(30)3-1-2-16-6-9-21-20(13-16)14-22(29)27-21/h4-9,13,18,24H,1-3,10-12,14-15H2,(H,27,29). The number of hydrogen-bond acceptors (Lipinski definition) is 2. The van der Waals surface area contributed by atoms with Crippen molar-refractivity contribution in [2.75, 3.05) is 18.4 Å². The molecule has 2 aromatic rings. The van der Waals surface area contributed by atoms with E-state index in [1.165, 1.54) is 12.1 Å². The van der Waals surface area contributed by atoms with E-state index in [-0.39, 0.29) is 17.4 Å². The van der Waals surface area contributed by atoms with Gasteiger partial charge in [0.2, 0.25) is 11.8 Å². The lowest BCUT2D eigenvalue weighted by Crippen LogP contribution is -2.28. The molecule has 0 spiro atoms. The zero-order chi connectivity index (χ0) is 21.1. The third-order valence-electron chi connectivity index (χ3n) is 6.05. The lowest BCUT2D eigenvalue weighted by atomic mass is 9.98. The van der Waals surface area contributed by atoms with Crippen LogP contribution < -0.4 is 5.32 Å². The van der Waals surface area contributed by atoms with Crippen LogP contribution >= 0.6 is 0 Å². The number of anilines is 1. The molecule has 6 heteroatoms. The van der Waals surface area contributed by atoms with E-state index in [0.717, 1.165) is 61.2 Å². The number of halogens is 2. The number of rotatable bonds is 7. The van der Waals surface area contributed by atoms with Crippen molar-refractivity contribution in [1.82, 2.24) is 4.90 Å². The van der Waals surface area contributed by atoms with Crippen molar-refractivity contribution in [3.8, 4) is 0 Å². The highest BCUT2D eigenvalue weighted by atomic mass is 19.3. The van der Waals surface area contributed by atoms with Crippen LogP contribution in [0.15, 0.2) is 42.5 Å². The van der Waals surface area contributed by atoms with E-state index in [9.17, 15) is 18.4 Å². The molecule has 2 aromatic carbocycles. The Hall–Kier alpha value is -2.76. The minimum absolute atomic E-state index is 0.0332. The summed E-state index contributed by atoms with van der Waals surface area (Å²) in [5.41, 5.74) is 4.18. The van der Waals surface area contributed by atoms with Gasteiger partial charge in [-0.1, -0.05) is 36.4 Å². The summed E-state index contributed by atoms with van der Waals surface area (Å²) in [5.74, 6) is 0.600. The van der Waals surface area contributed by atoms with Gasteiger partial charge in [0.1, 0.15) is 0 Å². The molecule has 0 radical (unpaired) electrons. The second-order valence-corrected chi connectivity index (χ2v) is 8.31. The van der Waals surface area contributed by atoms with Crippen LogP contribution in [0.4, 0.5) is 14.5 Å². The monoisotopic (exact) mass is 412 g/mol. The maximum absolute atomic E-state index is 12.7. The molecule has 1 saturated heterocycles. The average molecular weight is 412 g/mol. The minimum atomic E-state index is -2.44. The number of benzene rings is 2. The first kappa shape index (κ1) is 20.5. The zero-order valence-corrected chi connectivity index (χ0v) is 16.9. The first-order valence-electron chi connectivity index (χ1n) is 10.5. The molecule has 0 bridgehead atoms. The van der Waals surface area contributed by atoms with E-state index in [4.69, 9.17) is 0 Å². The highest BCUT2D eigenvalue weighted by molar-refractivity contribution is 5.99. The fourth-order valence-corrected chi connectivity index (χ4v) is 4.40.